The average Bonchev–Trinajstić information content (AvgIpc) is 2.97. The quantitative estimate of drug-likeness (QED) is 0.429. The summed E-state index contributed by atoms with van der Waals surface area (Å²) < 4.78 is 40.9. The van der Waals surface area contributed by atoms with Gasteiger partial charge in [0, 0.05) is 22.6 Å². The van der Waals surface area contributed by atoms with Crippen LogP contribution in [0.1, 0.15) is 39.2 Å². The summed E-state index contributed by atoms with van der Waals surface area (Å²) in [7, 11) is 0. The number of nitrogens with zero attached hydrogens (tertiary/aromatic N) is 2. The number of benzene rings is 2. The second-order valence-electron chi connectivity index (χ2n) is 7.61. The molecule has 31 heavy (non-hydrogen) atoms. The van der Waals surface area contributed by atoms with Gasteiger partial charge in [-0.2, -0.15) is 18.3 Å². The lowest BCUT2D eigenvalue weighted by atomic mass is 10.0. The lowest BCUT2D eigenvalue weighted by Gasteiger charge is -2.13. The molecule has 0 radical (unpaired) electrons. The number of carbonyl (C=O) groups excluding carboxylic acids is 1. The molecular weight excluding hydrogens is 403 g/mol. The van der Waals surface area contributed by atoms with Crippen molar-refractivity contribution in [1.29, 1.82) is 0 Å². The average molecular weight is 427 g/mol. The number of rotatable bonds is 5. The van der Waals surface area contributed by atoms with Crippen LogP contribution in [0, 0.1) is 27.7 Å². The Morgan fingerprint density at radius 1 is 1.06 bits per heavy atom. The van der Waals surface area contributed by atoms with Gasteiger partial charge in [0.2, 0.25) is 5.91 Å². The summed E-state index contributed by atoms with van der Waals surface area (Å²) >= 11 is 0. The predicted octanol–water partition coefficient (Wildman–Crippen LogP) is 5.42. The fourth-order valence-corrected chi connectivity index (χ4v) is 3.57. The van der Waals surface area contributed by atoms with Gasteiger partial charge >= 0.3 is 6.18 Å². The predicted molar refractivity (Wildman–Crippen MR) is 116 cm³/mol. The molecule has 3 rings (SSSR count). The van der Waals surface area contributed by atoms with Crippen LogP contribution in [0.15, 0.2) is 53.6 Å². The third-order valence-corrected chi connectivity index (χ3v) is 5.14. The van der Waals surface area contributed by atoms with Gasteiger partial charge < -0.3 is 4.57 Å². The van der Waals surface area contributed by atoms with E-state index >= 15 is 0 Å². The number of alkyl halides is 3. The number of carbonyl (C=O) groups is 1. The molecule has 4 nitrogen and oxygen atoms in total. The van der Waals surface area contributed by atoms with Crippen molar-refractivity contribution in [3.05, 3.63) is 87.7 Å². The van der Waals surface area contributed by atoms with Crippen molar-refractivity contribution < 1.29 is 18.0 Å². The minimum atomic E-state index is -4.41. The van der Waals surface area contributed by atoms with Gasteiger partial charge in [-0.1, -0.05) is 29.8 Å². The number of nitrogens with one attached hydrogen (secondary N) is 1. The Morgan fingerprint density at radius 2 is 1.81 bits per heavy atom. The largest absolute Gasteiger partial charge is 0.416 e. The van der Waals surface area contributed by atoms with E-state index in [1.165, 1.54) is 12.3 Å². The number of halogens is 3. The first kappa shape index (κ1) is 22.3. The van der Waals surface area contributed by atoms with E-state index in [4.69, 9.17) is 0 Å². The zero-order valence-corrected chi connectivity index (χ0v) is 17.8. The van der Waals surface area contributed by atoms with E-state index in [2.05, 4.69) is 10.5 Å². The van der Waals surface area contributed by atoms with Crippen LogP contribution in [0.5, 0.6) is 0 Å². The molecule has 1 N–H and O–H groups in total. The number of amides is 1. The Morgan fingerprint density at radius 3 is 2.48 bits per heavy atom. The van der Waals surface area contributed by atoms with E-state index in [1.54, 1.807) is 17.6 Å². The topological polar surface area (TPSA) is 46.4 Å². The number of hydrogen-bond donors (Lipinski definition) is 1. The number of hydrazone groups is 1. The summed E-state index contributed by atoms with van der Waals surface area (Å²) in [5, 5.41) is 4.03. The van der Waals surface area contributed by atoms with Crippen molar-refractivity contribution in [2.75, 3.05) is 0 Å². The molecule has 1 heterocycles. The molecule has 0 atom stereocenters. The second-order valence-corrected chi connectivity index (χ2v) is 7.61. The molecule has 0 spiro atoms. The highest BCUT2D eigenvalue weighted by Gasteiger charge is 2.30. The summed E-state index contributed by atoms with van der Waals surface area (Å²) in [4.78, 5) is 12.2. The van der Waals surface area contributed by atoms with Gasteiger partial charge in [-0.3, -0.25) is 4.79 Å². The fraction of sp³-hybridized carbons (Fsp3) is 0.250. The van der Waals surface area contributed by atoms with E-state index in [0.29, 0.717) is 11.3 Å². The maximum Gasteiger partial charge on any atom is 0.416 e. The molecule has 1 aromatic heterocycles. The summed E-state index contributed by atoms with van der Waals surface area (Å²) in [6.45, 7) is 7.56. The van der Waals surface area contributed by atoms with E-state index in [9.17, 15) is 18.0 Å². The van der Waals surface area contributed by atoms with Crippen LogP contribution in [0.3, 0.4) is 0 Å². The summed E-state index contributed by atoms with van der Waals surface area (Å²) in [6, 6.07) is 12.9. The van der Waals surface area contributed by atoms with Gasteiger partial charge in [0.1, 0.15) is 0 Å². The molecule has 2 aromatic carbocycles. The lowest BCUT2D eigenvalue weighted by molar-refractivity contribution is -0.137. The fourth-order valence-electron chi connectivity index (χ4n) is 3.57. The van der Waals surface area contributed by atoms with E-state index in [-0.39, 0.29) is 12.3 Å². The summed E-state index contributed by atoms with van der Waals surface area (Å²) in [5.74, 6) is -0.241. The van der Waals surface area contributed by atoms with Crippen molar-refractivity contribution in [1.82, 2.24) is 9.99 Å². The number of aryl methyl sites for hydroxylation is 3. The van der Waals surface area contributed by atoms with Crippen LogP contribution in [0.25, 0.3) is 5.69 Å². The molecule has 0 aliphatic carbocycles. The first-order valence-electron chi connectivity index (χ1n) is 9.81. The first-order chi connectivity index (χ1) is 14.6. The molecular formula is C24H24F3N3O. The van der Waals surface area contributed by atoms with E-state index in [1.807, 2.05) is 45.0 Å². The maximum atomic E-state index is 13.1. The Kier molecular flexibility index (Phi) is 6.34. The highest BCUT2D eigenvalue weighted by Crippen LogP contribution is 2.31. The molecule has 0 unspecified atom stereocenters. The van der Waals surface area contributed by atoms with Crippen molar-refractivity contribution in [2.45, 2.75) is 40.3 Å². The number of hydrogen-bond acceptors (Lipinski definition) is 2. The highest BCUT2D eigenvalue weighted by molar-refractivity contribution is 5.85. The van der Waals surface area contributed by atoms with Crippen LogP contribution in [0.2, 0.25) is 0 Å². The van der Waals surface area contributed by atoms with Crippen molar-refractivity contribution in [3.63, 3.8) is 0 Å². The van der Waals surface area contributed by atoms with Crippen molar-refractivity contribution >= 4 is 12.1 Å². The summed E-state index contributed by atoms with van der Waals surface area (Å²) in [6.07, 6.45) is -2.69. The van der Waals surface area contributed by atoms with Gasteiger partial charge in [-0.25, -0.2) is 5.43 Å². The van der Waals surface area contributed by atoms with Gasteiger partial charge in [-0.15, -0.1) is 0 Å². The zero-order chi connectivity index (χ0) is 22.8. The van der Waals surface area contributed by atoms with Gasteiger partial charge in [0.25, 0.3) is 0 Å². The van der Waals surface area contributed by atoms with Gasteiger partial charge in [-0.05, 0) is 63.1 Å². The smallest absolute Gasteiger partial charge is 0.318 e. The third kappa shape index (κ3) is 5.23. The van der Waals surface area contributed by atoms with Crippen LogP contribution in [0.4, 0.5) is 13.2 Å². The normalized spacial score (nSPS) is 11.8. The molecule has 0 fully saturated rings. The standard InChI is InChI=1S/C24H24F3N3O/c1-15-8-9-19(16(2)10-15)12-23(31)29-28-14-20-11-17(3)30(18(20)4)22-7-5-6-21(13-22)24(25,26)27/h5-11,13-14H,12H2,1-4H3,(H,29,31)/b28-14-. The molecule has 1 amide bonds. The molecule has 0 bridgehead atoms. The van der Waals surface area contributed by atoms with E-state index < -0.39 is 11.7 Å². The Bertz CT molecular complexity index is 1140. The SMILES string of the molecule is Cc1ccc(CC(=O)N/N=C\c2cc(C)n(-c3cccc(C(F)(F)F)c3)c2C)c(C)c1. The minimum Gasteiger partial charge on any atom is -0.318 e. The van der Waals surface area contributed by atoms with E-state index in [0.717, 1.165) is 40.2 Å². The van der Waals surface area contributed by atoms with Crippen LogP contribution in [-0.2, 0) is 17.4 Å². The highest BCUT2D eigenvalue weighted by atomic mass is 19.4. The Labute approximate surface area is 179 Å². The molecule has 0 aliphatic rings. The van der Waals surface area contributed by atoms with Crippen molar-refractivity contribution in [2.24, 2.45) is 5.10 Å². The van der Waals surface area contributed by atoms with Gasteiger partial charge in [0.15, 0.2) is 0 Å². The molecule has 162 valence electrons. The molecule has 3 aromatic rings. The second kappa shape index (κ2) is 8.79. The van der Waals surface area contributed by atoms with Crippen LogP contribution >= 0.6 is 0 Å². The van der Waals surface area contributed by atoms with Crippen LogP contribution in [-0.4, -0.2) is 16.7 Å². The zero-order valence-electron chi connectivity index (χ0n) is 17.8. The molecule has 0 saturated heterocycles. The summed E-state index contributed by atoms with van der Waals surface area (Å²) in [5.41, 5.74) is 7.55. The Hall–Kier alpha value is -3.35. The molecule has 0 saturated carbocycles. The lowest BCUT2D eigenvalue weighted by Crippen LogP contribution is -2.20. The molecule has 0 aliphatic heterocycles. The van der Waals surface area contributed by atoms with Crippen molar-refractivity contribution in [3.8, 4) is 5.69 Å². The molecule has 7 heteroatoms. The van der Waals surface area contributed by atoms with Gasteiger partial charge in [0.05, 0.1) is 18.2 Å². The Balaban J connectivity index is 1.75. The monoisotopic (exact) mass is 427 g/mol. The maximum absolute atomic E-state index is 13.1. The minimum absolute atomic E-state index is 0.215. The van der Waals surface area contributed by atoms with Crippen LogP contribution < -0.4 is 5.43 Å². The number of aromatic nitrogens is 1. The first-order valence-corrected chi connectivity index (χ1v) is 9.81. The third-order valence-electron chi connectivity index (χ3n) is 5.14.